The lowest BCUT2D eigenvalue weighted by molar-refractivity contribution is -0.00645. The van der Waals surface area contributed by atoms with Crippen LogP contribution in [0.5, 0.6) is 5.75 Å². The summed E-state index contributed by atoms with van der Waals surface area (Å²) >= 11 is 7.39. The van der Waals surface area contributed by atoms with Crippen molar-refractivity contribution in [3.8, 4) is 17.3 Å². The SMILES string of the molecule is Nc1ncn(CCc2ccccc2)c2nc(Sc3cc(OF)ccc3Cl)nc1-2. The molecule has 0 atom stereocenters. The van der Waals surface area contributed by atoms with E-state index in [4.69, 9.17) is 17.3 Å². The van der Waals surface area contributed by atoms with Crippen molar-refractivity contribution in [2.24, 2.45) is 0 Å². The topological polar surface area (TPSA) is 78.8 Å². The predicted molar refractivity (Wildman–Crippen MR) is 106 cm³/mol. The Morgan fingerprint density at radius 3 is 2.75 bits per heavy atom. The average molecular weight is 416 g/mol. The van der Waals surface area contributed by atoms with Crippen LogP contribution in [0.25, 0.3) is 11.5 Å². The van der Waals surface area contributed by atoms with Gasteiger partial charge in [0, 0.05) is 22.0 Å². The third kappa shape index (κ3) is 3.88. The molecule has 2 aliphatic heterocycles. The fourth-order valence-corrected chi connectivity index (χ4v) is 3.79. The summed E-state index contributed by atoms with van der Waals surface area (Å²) in [5.41, 5.74) is 7.72. The summed E-state index contributed by atoms with van der Waals surface area (Å²) in [5.74, 6) is 0.999. The molecule has 2 aromatic rings. The zero-order valence-electron chi connectivity index (χ0n) is 14.5. The zero-order valence-corrected chi connectivity index (χ0v) is 16.1. The molecule has 28 heavy (non-hydrogen) atoms. The molecule has 2 heterocycles. The summed E-state index contributed by atoms with van der Waals surface area (Å²) in [6.45, 7) is 0.683. The molecule has 0 aromatic heterocycles. The van der Waals surface area contributed by atoms with Crippen molar-refractivity contribution >= 4 is 29.2 Å². The van der Waals surface area contributed by atoms with Crippen molar-refractivity contribution < 1.29 is 9.47 Å². The molecule has 9 heteroatoms. The summed E-state index contributed by atoms with van der Waals surface area (Å²) in [6, 6.07) is 14.6. The Balaban J connectivity index is 1.62. The number of fused-ring (bicyclic) bond motifs is 1. The van der Waals surface area contributed by atoms with Crippen LogP contribution in [0.3, 0.4) is 0 Å². The summed E-state index contributed by atoms with van der Waals surface area (Å²) in [6.07, 6.45) is 2.48. The molecule has 0 saturated carbocycles. The molecule has 2 aliphatic rings. The van der Waals surface area contributed by atoms with Crippen LogP contribution in [0, 0.1) is 0 Å². The maximum absolute atomic E-state index is 12.5. The van der Waals surface area contributed by atoms with Crippen LogP contribution in [0.4, 0.5) is 10.3 Å². The molecule has 0 amide bonds. The van der Waals surface area contributed by atoms with Crippen molar-refractivity contribution in [3.63, 3.8) is 0 Å². The van der Waals surface area contributed by atoms with Gasteiger partial charge in [0.2, 0.25) is 0 Å². The lowest BCUT2D eigenvalue weighted by Crippen LogP contribution is -2.09. The van der Waals surface area contributed by atoms with E-state index in [1.165, 1.54) is 29.5 Å². The Labute approximate surface area is 169 Å². The van der Waals surface area contributed by atoms with Crippen LogP contribution in [0.15, 0.2) is 64.9 Å². The third-order valence-corrected chi connectivity index (χ3v) is 5.51. The number of aryl methyl sites for hydroxylation is 2. The molecule has 0 bridgehead atoms. The molecule has 2 N–H and O–H groups in total. The van der Waals surface area contributed by atoms with Gasteiger partial charge in [0.15, 0.2) is 28.2 Å². The molecule has 0 fully saturated rings. The minimum Gasteiger partial charge on any atom is -0.382 e. The molecule has 4 rings (SSSR count). The number of rotatable bonds is 6. The Bertz CT molecular complexity index is 1080. The Morgan fingerprint density at radius 2 is 1.96 bits per heavy atom. The molecule has 0 aliphatic carbocycles. The normalized spacial score (nSPS) is 11.1. The van der Waals surface area contributed by atoms with Crippen LogP contribution >= 0.6 is 23.4 Å². The van der Waals surface area contributed by atoms with Gasteiger partial charge in [-0.05, 0) is 35.9 Å². The number of hydrogen-bond acceptors (Lipinski definition) is 6. The molecule has 0 spiro atoms. The van der Waals surface area contributed by atoms with Crippen LogP contribution in [-0.4, -0.2) is 19.5 Å². The van der Waals surface area contributed by atoms with E-state index >= 15 is 0 Å². The van der Waals surface area contributed by atoms with Crippen LogP contribution in [0.2, 0.25) is 5.02 Å². The van der Waals surface area contributed by atoms with E-state index in [2.05, 4.69) is 32.0 Å². The Kier molecular flexibility index (Phi) is 5.31. The standard InChI is InChI=1S/C19H15ClFN5OS/c20-14-7-6-13(27-21)10-15(14)28-19-24-16-17(22)23-11-26(18(16)25-19)9-8-12-4-2-1-3-5-12/h1-7,10-11H,8-9,22H2. The Hall–Kier alpha value is -2.84. The summed E-state index contributed by atoms with van der Waals surface area (Å²) < 4.78 is 14.4. The number of aromatic nitrogens is 4. The van der Waals surface area contributed by atoms with Crippen molar-refractivity contribution in [1.82, 2.24) is 19.5 Å². The number of imidazole rings is 1. The van der Waals surface area contributed by atoms with Crippen molar-refractivity contribution in [2.45, 2.75) is 23.0 Å². The first kappa shape index (κ1) is 18.5. The van der Waals surface area contributed by atoms with Gasteiger partial charge in [-0.1, -0.05) is 41.9 Å². The summed E-state index contributed by atoms with van der Waals surface area (Å²) in [5, 5.41) is 0.892. The number of hydrogen-bond donors (Lipinski definition) is 1. The zero-order chi connectivity index (χ0) is 19.5. The quantitative estimate of drug-likeness (QED) is 0.493. The minimum absolute atomic E-state index is 0.0575. The second kappa shape index (κ2) is 8.04. The van der Waals surface area contributed by atoms with Gasteiger partial charge in [0.1, 0.15) is 0 Å². The van der Waals surface area contributed by atoms with Gasteiger partial charge in [0.05, 0.1) is 11.3 Å². The highest BCUT2D eigenvalue weighted by Gasteiger charge is 2.20. The van der Waals surface area contributed by atoms with E-state index in [0.717, 1.165) is 6.42 Å². The average Bonchev–Trinajstić information content (AvgIpc) is 3.15. The first-order chi connectivity index (χ1) is 13.6. The molecule has 142 valence electrons. The first-order valence-corrected chi connectivity index (χ1v) is 9.62. The lowest BCUT2D eigenvalue weighted by atomic mass is 10.1. The smallest absolute Gasteiger partial charge is 0.195 e. The number of nitrogen functional groups attached to an aromatic ring is 1. The summed E-state index contributed by atoms with van der Waals surface area (Å²) in [7, 11) is 0. The number of halogens is 2. The second-order valence-electron chi connectivity index (χ2n) is 6.01. The van der Waals surface area contributed by atoms with E-state index in [0.29, 0.717) is 39.0 Å². The fourth-order valence-electron chi connectivity index (χ4n) is 2.75. The second-order valence-corrected chi connectivity index (χ2v) is 7.42. The molecule has 0 unspecified atom stereocenters. The molecule has 6 nitrogen and oxygen atoms in total. The lowest BCUT2D eigenvalue weighted by Gasteiger charge is -2.11. The van der Waals surface area contributed by atoms with Gasteiger partial charge in [-0.25, -0.2) is 15.0 Å². The maximum Gasteiger partial charge on any atom is 0.195 e. The van der Waals surface area contributed by atoms with Crippen molar-refractivity contribution in [2.75, 3.05) is 5.73 Å². The van der Waals surface area contributed by atoms with Gasteiger partial charge >= 0.3 is 0 Å². The maximum atomic E-state index is 12.5. The minimum atomic E-state index is 0.0575. The van der Waals surface area contributed by atoms with E-state index in [-0.39, 0.29) is 5.75 Å². The number of anilines is 1. The third-order valence-electron chi connectivity index (χ3n) is 4.15. The molecule has 2 aromatic carbocycles. The van der Waals surface area contributed by atoms with Crippen LogP contribution < -0.4 is 10.7 Å². The number of nitrogens with two attached hydrogens (primary N) is 1. The Morgan fingerprint density at radius 1 is 1.14 bits per heavy atom. The highest BCUT2D eigenvalue weighted by molar-refractivity contribution is 7.99. The van der Waals surface area contributed by atoms with Crippen LogP contribution in [0.1, 0.15) is 5.56 Å². The highest BCUT2D eigenvalue weighted by atomic mass is 35.5. The van der Waals surface area contributed by atoms with E-state index in [1.807, 2.05) is 22.8 Å². The largest absolute Gasteiger partial charge is 0.382 e. The van der Waals surface area contributed by atoms with Crippen molar-refractivity contribution in [1.29, 1.82) is 0 Å². The molecule has 0 saturated heterocycles. The van der Waals surface area contributed by atoms with Gasteiger partial charge in [-0.3, -0.25) is 4.94 Å². The fraction of sp³-hybridized carbons (Fsp3) is 0.105. The monoisotopic (exact) mass is 415 g/mol. The van der Waals surface area contributed by atoms with E-state index in [1.54, 1.807) is 12.4 Å². The first-order valence-electron chi connectivity index (χ1n) is 8.42. The molecular formula is C19H15ClFN5OS. The molecule has 0 radical (unpaired) electrons. The van der Waals surface area contributed by atoms with Crippen LogP contribution in [-0.2, 0) is 13.0 Å². The number of benzene rings is 2. The predicted octanol–water partition coefficient (Wildman–Crippen LogP) is 4.67. The van der Waals surface area contributed by atoms with Crippen molar-refractivity contribution in [3.05, 3.63) is 65.4 Å². The van der Waals surface area contributed by atoms with Gasteiger partial charge in [0.25, 0.3) is 0 Å². The molecular weight excluding hydrogens is 401 g/mol. The van der Waals surface area contributed by atoms with Gasteiger partial charge < -0.3 is 10.3 Å². The summed E-state index contributed by atoms with van der Waals surface area (Å²) in [4.78, 5) is 17.6. The van der Waals surface area contributed by atoms with Gasteiger partial charge in [-0.2, -0.15) is 0 Å². The van der Waals surface area contributed by atoms with Gasteiger partial charge in [-0.15, -0.1) is 0 Å². The van der Waals surface area contributed by atoms with E-state index < -0.39 is 0 Å². The number of nitrogens with zero attached hydrogens (tertiary/aromatic N) is 4. The highest BCUT2D eigenvalue weighted by Crippen LogP contribution is 2.37. The van der Waals surface area contributed by atoms with E-state index in [9.17, 15) is 4.53 Å².